The van der Waals surface area contributed by atoms with Gasteiger partial charge in [0.25, 0.3) is 5.91 Å². The highest BCUT2D eigenvalue weighted by atomic mass is 32.2. The minimum Gasteiger partial charge on any atom is -0.352 e. The first-order valence-electron chi connectivity index (χ1n) is 10.2. The summed E-state index contributed by atoms with van der Waals surface area (Å²) in [7, 11) is -3.60. The Kier molecular flexibility index (Phi) is 7.59. The summed E-state index contributed by atoms with van der Waals surface area (Å²) in [6.45, 7) is 6.80. The maximum absolute atomic E-state index is 12.7. The molecule has 0 aliphatic heterocycles. The van der Waals surface area contributed by atoms with Crippen LogP contribution in [0.25, 0.3) is 11.3 Å². The quantitative estimate of drug-likeness (QED) is 0.524. The summed E-state index contributed by atoms with van der Waals surface area (Å²) in [4.78, 5) is 17.2. The first kappa shape index (κ1) is 23.1. The minimum atomic E-state index is -3.60. The van der Waals surface area contributed by atoms with Gasteiger partial charge in [-0.15, -0.1) is 11.3 Å². The summed E-state index contributed by atoms with van der Waals surface area (Å²) in [6, 6.07) is 14.3. The molecule has 0 fully saturated rings. The summed E-state index contributed by atoms with van der Waals surface area (Å²) < 4.78 is 26.8. The Morgan fingerprint density at radius 2 is 1.81 bits per heavy atom. The van der Waals surface area contributed by atoms with Crippen LogP contribution < -0.4 is 5.32 Å². The van der Waals surface area contributed by atoms with Gasteiger partial charge in [-0.3, -0.25) is 4.79 Å². The van der Waals surface area contributed by atoms with Crippen LogP contribution in [0.5, 0.6) is 0 Å². The average Bonchev–Trinajstić information content (AvgIpc) is 3.21. The van der Waals surface area contributed by atoms with Crippen molar-refractivity contribution in [1.29, 1.82) is 0 Å². The lowest BCUT2D eigenvalue weighted by Gasteiger charge is -2.18. The van der Waals surface area contributed by atoms with Gasteiger partial charge in [-0.25, -0.2) is 13.4 Å². The maximum atomic E-state index is 12.7. The van der Waals surface area contributed by atoms with Crippen LogP contribution in [-0.2, 0) is 16.4 Å². The van der Waals surface area contributed by atoms with Crippen molar-refractivity contribution in [1.82, 2.24) is 14.6 Å². The topological polar surface area (TPSA) is 79.4 Å². The first-order valence-corrected chi connectivity index (χ1v) is 12.6. The first-order chi connectivity index (χ1) is 14.8. The van der Waals surface area contributed by atoms with Crippen LogP contribution in [0, 0.1) is 6.92 Å². The molecule has 0 saturated carbocycles. The van der Waals surface area contributed by atoms with Crippen LogP contribution in [-0.4, -0.2) is 43.2 Å². The van der Waals surface area contributed by atoms with Gasteiger partial charge in [0.05, 0.1) is 15.6 Å². The van der Waals surface area contributed by atoms with Gasteiger partial charge in [-0.05, 0) is 37.1 Å². The number of amides is 1. The molecule has 0 atom stereocenters. The molecular formula is C23H27N3O3S2. The number of benzene rings is 2. The highest BCUT2D eigenvalue weighted by Gasteiger charge is 2.22. The summed E-state index contributed by atoms with van der Waals surface area (Å²) in [5, 5.41) is 5.95. The van der Waals surface area contributed by atoms with E-state index in [1.54, 1.807) is 37.3 Å². The monoisotopic (exact) mass is 457 g/mol. The highest BCUT2D eigenvalue weighted by molar-refractivity contribution is 7.89. The molecule has 8 heteroatoms. The predicted molar refractivity (Wildman–Crippen MR) is 125 cm³/mol. The van der Waals surface area contributed by atoms with Crippen molar-refractivity contribution < 1.29 is 13.2 Å². The molecule has 1 aromatic heterocycles. The third kappa shape index (κ3) is 5.58. The second-order valence-corrected chi connectivity index (χ2v) is 10.1. The number of aromatic nitrogens is 1. The molecule has 3 rings (SSSR count). The normalized spacial score (nSPS) is 11.6. The summed E-state index contributed by atoms with van der Waals surface area (Å²) in [5.74, 6) is -0.286. The number of hydrogen-bond acceptors (Lipinski definition) is 5. The number of sulfonamides is 1. The molecule has 0 spiro atoms. The lowest BCUT2D eigenvalue weighted by atomic mass is 10.1. The Morgan fingerprint density at radius 3 is 2.42 bits per heavy atom. The Balaban J connectivity index is 1.60. The van der Waals surface area contributed by atoms with Gasteiger partial charge in [0.15, 0.2) is 0 Å². The number of rotatable bonds is 9. The van der Waals surface area contributed by atoms with Crippen molar-refractivity contribution in [3.8, 4) is 11.3 Å². The minimum absolute atomic E-state index is 0.136. The van der Waals surface area contributed by atoms with E-state index in [0.29, 0.717) is 31.6 Å². The van der Waals surface area contributed by atoms with E-state index in [0.717, 1.165) is 21.8 Å². The lowest BCUT2D eigenvalue weighted by molar-refractivity contribution is 0.0954. The molecule has 1 amide bonds. The number of nitrogens with one attached hydrogen (secondary N) is 1. The van der Waals surface area contributed by atoms with E-state index in [2.05, 4.69) is 10.3 Å². The molecule has 0 bridgehead atoms. The van der Waals surface area contributed by atoms with E-state index >= 15 is 0 Å². The summed E-state index contributed by atoms with van der Waals surface area (Å²) in [5.41, 5.74) is 3.49. The number of thiazole rings is 1. The molecule has 1 N–H and O–H groups in total. The second kappa shape index (κ2) is 10.2. The van der Waals surface area contributed by atoms with Crippen LogP contribution in [0.3, 0.4) is 0 Å². The van der Waals surface area contributed by atoms with Gasteiger partial charge in [-0.1, -0.05) is 44.2 Å². The fourth-order valence-corrected chi connectivity index (χ4v) is 5.40. The third-order valence-corrected chi connectivity index (χ3v) is 7.83. The van der Waals surface area contributed by atoms with Crippen LogP contribution in [0.4, 0.5) is 0 Å². The van der Waals surface area contributed by atoms with E-state index in [9.17, 15) is 13.2 Å². The van der Waals surface area contributed by atoms with Crippen molar-refractivity contribution in [3.63, 3.8) is 0 Å². The molecule has 6 nitrogen and oxygen atoms in total. The third-order valence-electron chi connectivity index (χ3n) is 5.01. The number of nitrogens with zero attached hydrogens (tertiary/aromatic N) is 2. The summed E-state index contributed by atoms with van der Waals surface area (Å²) in [6.07, 6.45) is 0.680. The van der Waals surface area contributed by atoms with Crippen LogP contribution in [0.15, 0.2) is 58.8 Å². The zero-order chi connectivity index (χ0) is 22.4. The van der Waals surface area contributed by atoms with Crippen molar-refractivity contribution in [2.24, 2.45) is 0 Å². The molecular weight excluding hydrogens is 430 g/mol. The Labute approximate surface area is 188 Å². The second-order valence-electron chi connectivity index (χ2n) is 7.07. The Hall–Kier alpha value is -2.55. The molecule has 0 saturated heterocycles. The maximum Gasteiger partial charge on any atom is 0.251 e. The van der Waals surface area contributed by atoms with Gasteiger partial charge in [-0.2, -0.15) is 4.31 Å². The van der Waals surface area contributed by atoms with E-state index < -0.39 is 10.0 Å². The standard InChI is InChI=1S/C23H27N3O3S2/c1-4-26(5-2)31(28,29)21-8-6-7-20(15-21)23(27)24-14-13-18-9-11-19(12-10-18)22-16-30-17(3)25-22/h6-12,15-16H,4-5,13-14H2,1-3H3,(H,24,27). The van der Waals surface area contributed by atoms with Gasteiger partial charge in [0, 0.05) is 36.1 Å². The molecule has 3 aromatic rings. The smallest absolute Gasteiger partial charge is 0.251 e. The van der Waals surface area contributed by atoms with E-state index in [1.165, 1.54) is 16.4 Å². The fourth-order valence-electron chi connectivity index (χ4n) is 3.27. The molecule has 31 heavy (non-hydrogen) atoms. The largest absolute Gasteiger partial charge is 0.352 e. The number of hydrogen-bond donors (Lipinski definition) is 1. The van der Waals surface area contributed by atoms with Gasteiger partial charge in [0.2, 0.25) is 10.0 Å². The lowest BCUT2D eigenvalue weighted by Crippen LogP contribution is -2.31. The average molecular weight is 458 g/mol. The van der Waals surface area contributed by atoms with E-state index in [-0.39, 0.29) is 10.8 Å². The molecule has 164 valence electrons. The summed E-state index contributed by atoms with van der Waals surface area (Å²) >= 11 is 1.63. The zero-order valence-electron chi connectivity index (χ0n) is 18.0. The molecule has 1 heterocycles. The highest BCUT2D eigenvalue weighted by Crippen LogP contribution is 2.22. The van der Waals surface area contributed by atoms with Gasteiger partial charge < -0.3 is 5.32 Å². The molecule has 0 aliphatic carbocycles. The van der Waals surface area contributed by atoms with Gasteiger partial charge >= 0.3 is 0 Å². The number of aryl methyl sites for hydroxylation is 1. The van der Waals surface area contributed by atoms with Crippen molar-refractivity contribution in [3.05, 3.63) is 70.0 Å². The van der Waals surface area contributed by atoms with E-state index in [1.807, 2.05) is 36.6 Å². The molecule has 0 unspecified atom stereocenters. The molecule has 0 aliphatic rings. The zero-order valence-corrected chi connectivity index (χ0v) is 19.6. The van der Waals surface area contributed by atoms with Crippen molar-refractivity contribution in [2.75, 3.05) is 19.6 Å². The predicted octanol–water partition coefficient (Wildman–Crippen LogP) is 4.12. The Morgan fingerprint density at radius 1 is 1.10 bits per heavy atom. The molecule has 2 aromatic carbocycles. The number of carbonyl (C=O) groups excluding carboxylic acids is 1. The number of carbonyl (C=O) groups is 1. The van der Waals surface area contributed by atoms with Crippen molar-refractivity contribution >= 4 is 27.3 Å². The fraction of sp³-hybridized carbons (Fsp3) is 0.304. The van der Waals surface area contributed by atoms with Crippen LogP contribution >= 0.6 is 11.3 Å². The van der Waals surface area contributed by atoms with Crippen LogP contribution in [0.2, 0.25) is 0 Å². The Bertz CT molecular complexity index is 1130. The molecule has 0 radical (unpaired) electrons. The van der Waals surface area contributed by atoms with Crippen molar-refractivity contribution in [2.45, 2.75) is 32.1 Å². The van der Waals surface area contributed by atoms with Gasteiger partial charge in [0.1, 0.15) is 0 Å². The van der Waals surface area contributed by atoms with Crippen LogP contribution in [0.1, 0.15) is 34.8 Å². The van der Waals surface area contributed by atoms with E-state index in [4.69, 9.17) is 0 Å². The SMILES string of the molecule is CCN(CC)S(=O)(=O)c1cccc(C(=O)NCCc2ccc(-c3csc(C)n3)cc2)c1.